The monoisotopic (exact) mass is 535 g/mol. The van der Waals surface area contributed by atoms with Gasteiger partial charge in [-0.3, -0.25) is 9.48 Å². The van der Waals surface area contributed by atoms with Gasteiger partial charge in [0.1, 0.15) is 10.6 Å². The molecule has 0 aliphatic carbocycles. The van der Waals surface area contributed by atoms with Crippen LogP contribution in [0.5, 0.6) is 5.75 Å². The highest BCUT2D eigenvalue weighted by Crippen LogP contribution is 2.36. The van der Waals surface area contributed by atoms with Crippen LogP contribution in [0.2, 0.25) is 0 Å². The maximum absolute atomic E-state index is 13.2. The number of amides is 1. The zero-order chi connectivity index (χ0) is 26.6. The molecule has 1 aromatic heterocycles. The highest BCUT2D eigenvalue weighted by atomic mass is 32.2. The Morgan fingerprint density at radius 3 is 2.70 bits per heavy atom. The molecule has 1 saturated heterocycles. The van der Waals surface area contributed by atoms with Gasteiger partial charge < -0.3 is 24.4 Å². The van der Waals surface area contributed by atoms with Crippen LogP contribution in [0.4, 0.5) is 0 Å². The van der Waals surface area contributed by atoms with Crippen molar-refractivity contribution < 1.29 is 27.8 Å². The normalized spacial score (nSPS) is 22.5. The molecule has 2 aliphatic heterocycles. The van der Waals surface area contributed by atoms with Crippen molar-refractivity contribution in [2.45, 2.75) is 30.3 Å². The van der Waals surface area contributed by atoms with Crippen LogP contribution in [0, 0.1) is 5.41 Å². The summed E-state index contributed by atoms with van der Waals surface area (Å²) in [6, 6.07) is 5.00. The Hall–Kier alpha value is -2.51. The molecule has 2 aliphatic rings. The van der Waals surface area contributed by atoms with Crippen LogP contribution in [0.25, 0.3) is 11.1 Å². The van der Waals surface area contributed by atoms with Crippen molar-refractivity contribution in [3.05, 3.63) is 30.6 Å². The summed E-state index contributed by atoms with van der Waals surface area (Å²) >= 11 is 0. The minimum Gasteiger partial charge on any atom is -0.492 e. The lowest BCUT2D eigenvalue weighted by Crippen LogP contribution is -2.51. The third-order valence-corrected chi connectivity index (χ3v) is 8.60. The van der Waals surface area contributed by atoms with Gasteiger partial charge >= 0.3 is 0 Å². The number of likely N-dealkylation sites (tertiary alicyclic amines) is 1. The van der Waals surface area contributed by atoms with Crippen molar-refractivity contribution in [1.82, 2.24) is 24.3 Å². The van der Waals surface area contributed by atoms with Crippen LogP contribution in [-0.2, 0) is 26.6 Å². The standard InChI is InChI=1S/C25H37N5O6S/c1-28-16-21(31)14-27-37(33,34)23-5-4-19(20-13-26-29(2)15-20)12-22(23)36-18-25(17-28)7-9-30(10-8-25)24(32)6-11-35-3/h4-5,12-13,15,21,27,31H,6-11,14,16-18H2,1-3H3. The van der Waals surface area contributed by atoms with Crippen LogP contribution in [-0.4, -0.2) is 105 Å². The summed E-state index contributed by atoms with van der Waals surface area (Å²) in [7, 11) is 1.39. The molecule has 37 heavy (non-hydrogen) atoms. The number of aryl methyl sites for hydroxylation is 1. The van der Waals surface area contributed by atoms with Crippen LogP contribution < -0.4 is 9.46 Å². The molecule has 204 valence electrons. The van der Waals surface area contributed by atoms with Crippen LogP contribution in [0.15, 0.2) is 35.5 Å². The van der Waals surface area contributed by atoms with Gasteiger partial charge in [-0.15, -0.1) is 0 Å². The first-order chi connectivity index (χ1) is 17.6. The van der Waals surface area contributed by atoms with Crippen LogP contribution in [0.1, 0.15) is 19.3 Å². The molecule has 1 atom stereocenters. The van der Waals surface area contributed by atoms with Crippen molar-refractivity contribution in [1.29, 1.82) is 0 Å². The lowest BCUT2D eigenvalue weighted by Gasteiger charge is -2.44. The number of aliphatic hydroxyl groups excluding tert-OH is 1. The molecule has 11 nitrogen and oxygen atoms in total. The fourth-order valence-corrected chi connectivity index (χ4v) is 6.29. The topological polar surface area (TPSA) is 126 Å². The van der Waals surface area contributed by atoms with Gasteiger partial charge in [0.25, 0.3) is 0 Å². The molecule has 0 saturated carbocycles. The summed E-state index contributed by atoms with van der Waals surface area (Å²) in [4.78, 5) is 16.4. The van der Waals surface area contributed by atoms with Gasteiger partial charge in [0.15, 0.2) is 0 Å². The first kappa shape index (κ1) is 27.5. The number of carbonyl (C=O) groups excluding carboxylic acids is 1. The number of benzene rings is 1. The summed E-state index contributed by atoms with van der Waals surface area (Å²) in [5.41, 5.74) is 1.32. The van der Waals surface area contributed by atoms with E-state index in [1.54, 1.807) is 30.1 Å². The lowest BCUT2D eigenvalue weighted by atomic mass is 9.78. The quantitative estimate of drug-likeness (QED) is 0.586. The molecule has 1 aromatic carbocycles. The number of aliphatic hydroxyl groups is 1. The predicted octanol–water partition coefficient (Wildman–Crippen LogP) is 0.696. The number of sulfonamides is 1. The SMILES string of the molecule is COCCC(=O)N1CCC2(CC1)COc1cc(-c3cnn(C)c3)ccc1S(=O)(=O)NCC(O)CN(C)C2. The number of β-amino-alcohol motifs (C(OH)–C–C–N with tert-alkyl or cyclic N) is 1. The Labute approximate surface area is 218 Å². The smallest absolute Gasteiger partial charge is 0.244 e. The minimum atomic E-state index is -3.92. The fourth-order valence-electron chi connectivity index (χ4n) is 5.09. The number of fused-ring (bicyclic) bond motifs is 1. The largest absolute Gasteiger partial charge is 0.492 e. The number of methoxy groups -OCH3 is 1. The number of hydrogen-bond donors (Lipinski definition) is 2. The number of nitrogens with zero attached hydrogens (tertiary/aromatic N) is 4. The third kappa shape index (κ3) is 6.68. The highest BCUT2D eigenvalue weighted by Gasteiger charge is 2.39. The van der Waals surface area contributed by atoms with Crippen molar-refractivity contribution in [3.63, 3.8) is 0 Å². The van der Waals surface area contributed by atoms with Gasteiger partial charge in [-0.05, 0) is 37.6 Å². The van der Waals surface area contributed by atoms with Gasteiger partial charge in [-0.25, -0.2) is 13.1 Å². The Morgan fingerprint density at radius 1 is 1.27 bits per heavy atom. The van der Waals surface area contributed by atoms with Crippen molar-refractivity contribution in [2.75, 3.05) is 60.1 Å². The van der Waals surface area contributed by atoms with Crippen LogP contribution >= 0.6 is 0 Å². The number of ether oxygens (including phenoxy) is 2. The van der Waals surface area contributed by atoms with Gasteiger partial charge in [0.2, 0.25) is 15.9 Å². The molecule has 1 spiro atoms. The molecule has 1 amide bonds. The number of hydrogen-bond acceptors (Lipinski definition) is 8. The molecular formula is C25H37N5O6S. The maximum atomic E-state index is 13.2. The number of aromatic nitrogens is 2. The molecule has 3 heterocycles. The average Bonchev–Trinajstić information content (AvgIpc) is 3.31. The van der Waals surface area contributed by atoms with E-state index in [4.69, 9.17) is 9.47 Å². The Morgan fingerprint density at radius 2 is 2.03 bits per heavy atom. The second kappa shape index (κ2) is 11.5. The molecular weight excluding hydrogens is 498 g/mol. The second-order valence-electron chi connectivity index (χ2n) is 10.2. The first-order valence-electron chi connectivity index (χ1n) is 12.5. The molecule has 12 heteroatoms. The van der Waals surface area contributed by atoms with E-state index < -0.39 is 16.1 Å². The van der Waals surface area contributed by atoms with E-state index in [0.29, 0.717) is 52.0 Å². The van der Waals surface area contributed by atoms with Gasteiger partial charge in [-0.1, -0.05) is 6.07 Å². The van der Waals surface area contributed by atoms with E-state index in [0.717, 1.165) is 11.1 Å². The van der Waals surface area contributed by atoms with E-state index >= 15 is 0 Å². The average molecular weight is 536 g/mol. The number of carbonyl (C=O) groups is 1. The van der Waals surface area contributed by atoms with Crippen molar-refractivity contribution >= 4 is 15.9 Å². The molecule has 2 aromatic rings. The number of likely N-dealkylation sites (N-methyl/N-ethyl adjacent to an activating group) is 1. The fraction of sp³-hybridized carbons (Fsp3) is 0.600. The molecule has 4 rings (SSSR count). The molecule has 0 radical (unpaired) electrons. The maximum Gasteiger partial charge on any atom is 0.244 e. The second-order valence-corrected chi connectivity index (χ2v) is 11.9. The molecule has 1 unspecified atom stereocenters. The van der Waals surface area contributed by atoms with Crippen molar-refractivity contribution in [2.24, 2.45) is 12.5 Å². The molecule has 0 bridgehead atoms. The molecule has 1 fully saturated rings. The van der Waals surface area contributed by atoms with E-state index in [9.17, 15) is 18.3 Å². The van der Waals surface area contributed by atoms with E-state index in [1.165, 1.54) is 6.07 Å². The zero-order valence-corrected chi connectivity index (χ0v) is 22.5. The lowest BCUT2D eigenvalue weighted by molar-refractivity contribution is -0.135. The summed E-state index contributed by atoms with van der Waals surface area (Å²) in [5.74, 6) is 0.322. The summed E-state index contributed by atoms with van der Waals surface area (Å²) in [6.07, 6.45) is 4.45. The van der Waals surface area contributed by atoms with E-state index in [-0.39, 0.29) is 35.1 Å². The Bertz CT molecular complexity index is 1190. The third-order valence-electron chi connectivity index (χ3n) is 7.14. The first-order valence-corrected chi connectivity index (χ1v) is 14.0. The Balaban J connectivity index is 1.64. The number of piperidine rings is 1. The Kier molecular flexibility index (Phi) is 8.54. The van der Waals surface area contributed by atoms with Crippen LogP contribution in [0.3, 0.4) is 0 Å². The predicted molar refractivity (Wildman–Crippen MR) is 138 cm³/mol. The minimum absolute atomic E-state index is 0.0311. The zero-order valence-electron chi connectivity index (χ0n) is 21.7. The van der Waals surface area contributed by atoms with Gasteiger partial charge in [-0.2, -0.15) is 5.10 Å². The molecule has 2 N–H and O–H groups in total. The summed E-state index contributed by atoms with van der Waals surface area (Å²) in [5, 5.41) is 14.8. The number of nitrogens with one attached hydrogen (secondary N) is 1. The number of rotatable bonds is 4. The summed E-state index contributed by atoms with van der Waals surface area (Å²) < 4.78 is 41.9. The van der Waals surface area contributed by atoms with Gasteiger partial charge in [0, 0.05) is 64.1 Å². The summed E-state index contributed by atoms with van der Waals surface area (Å²) in [6.45, 7) is 2.71. The van der Waals surface area contributed by atoms with E-state index in [1.807, 2.05) is 30.1 Å². The van der Waals surface area contributed by atoms with Crippen molar-refractivity contribution in [3.8, 4) is 16.9 Å². The highest BCUT2D eigenvalue weighted by molar-refractivity contribution is 7.89. The van der Waals surface area contributed by atoms with Gasteiger partial charge in [0.05, 0.1) is 31.9 Å². The van der Waals surface area contributed by atoms with E-state index in [2.05, 4.69) is 9.82 Å².